The Labute approximate surface area is 179 Å². The molecule has 4 rings (SSSR count). The Kier molecular flexibility index (Phi) is 5.55. The molecule has 0 unspecified atom stereocenters. The highest BCUT2D eigenvalue weighted by molar-refractivity contribution is 6.30. The van der Waals surface area contributed by atoms with Crippen LogP contribution in [-0.4, -0.2) is 46.9 Å². The van der Waals surface area contributed by atoms with E-state index in [9.17, 15) is 14.9 Å². The quantitative estimate of drug-likeness (QED) is 0.458. The lowest BCUT2D eigenvalue weighted by molar-refractivity contribution is -0.383. The average Bonchev–Trinajstić information content (AvgIpc) is 2.99. The van der Waals surface area contributed by atoms with Gasteiger partial charge in [0.2, 0.25) is 0 Å². The van der Waals surface area contributed by atoms with Gasteiger partial charge >= 0.3 is 0 Å². The number of nitro groups is 1. The van der Waals surface area contributed by atoms with Crippen LogP contribution in [0.15, 0.2) is 48.5 Å². The van der Waals surface area contributed by atoms with E-state index < -0.39 is 4.92 Å². The van der Waals surface area contributed by atoms with Gasteiger partial charge in [0.05, 0.1) is 4.92 Å². The zero-order valence-corrected chi connectivity index (χ0v) is 17.3. The minimum Gasteiger partial charge on any atom is -0.369 e. The van der Waals surface area contributed by atoms with Crippen molar-refractivity contribution in [3.63, 3.8) is 0 Å². The minimum absolute atomic E-state index is 0.00631. The fourth-order valence-corrected chi connectivity index (χ4v) is 4.01. The van der Waals surface area contributed by atoms with Gasteiger partial charge in [-0.3, -0.25) is 14.9 Å². The number of anilines is 1. The van der Waals surface area contributed by atoms with E-state index in [4.69, 9.17) is 11.6 Å². The average molecular weight is 425 g/mol. The van der Waals surface area contributed by atoms with Gasteiger partial charge < -0.3 is 9.80 Å². The molecule has 1 aliphatic heterocycles. The Morgan fingerprint density at radius 1 is 1.10 bits per heavy atom. The first-order valence-electron chi connectivity index (χ1n) is 9.78. The fourth-order valence-electron chi connectivity index (χ4n) is 3.89. The van der Waals surface area contributed by atoms with Crippen LogP contribution in [-0.2, 0) is 0 Å². The maximum Gasteiger partial charge on any atom is 0.295 e. The first-order chi connectivity index (χ1) is 14.4. The van der Waals surface area contributed by atoms with Crippen LogP contribution in [0.1, 0.15) is 22.5 Å². The first kappa shape index (κ1) is 20.1. The van der Waals surface area contributed by atoms with Gasteiger partial charge in [0.1, 0.15) is 0 Å². The third-order valence-electron chi connectivity index (χ3n) is 5.34. The summed E-state index contributed by atoms with van der Waals surface area (Å²) in [4.78, 5) is 32.4. The molecule has 0 N–H and O–H groups in total. The van der Waals surface area contributed by atoms with Gasteiger partial charge in [0.15, 0.2) is 5.52 Å². The zero-order chi connectivity index (χ0) is 21.3. The van der Waals surface area contributed by atoms with Crippen molar-refractivity contribution in [2.75, 3.05) is 31.1 Å². The summed E-state index contributed by atoms with van der Waals surface area (Å²) in [5.41, 5.74) is 2.67. The lowest BCUT2D eigenvalue weighted by Gasteiger charge is -2.25. The van der Waals surface area contributed by atoms with E-state index in [1.54, 1.807) is 30.3 Å². The number of aryl methyl sites for hydroxylation is 1. The maximum atomic E-state index is 12.9. The summed E-state index contributed by atoms with van der Waals surface area (Å²) in [7, 11) is 0. The lowest BCUT2D eigenvalue weighted by Crippen LogP contribution is -2.35. The molecule has 8 heteroatoms. The number of halogens is 1. The first-order valence-corrected chi connectivity index (χ1v) is 10.2. The number of benzene rings is 2. The molecular formula is C22H21ClN4O3. The molecule has 0 aliphatic carbocycles. The predicted octanol–water partition coefficient (Wildman–Crippen LogP) is 4.46. The third kappa shape index (κ3) is 3.93. The number of carbonyl (C=O) groups excluding carboxylic acids is 1. The summed E-state index contributed by atoms with van der Waals surface area (Å²) in [6.45, 7) is 4.46. The summed E-state index contributed by atoms with van der Waals surface area (Å²) < 4.78 is 0. The largest absolute Gasteiger partial charge is 0.369 e. The molecule has 0 spiro atoms. The summed E-state index contributed by atoms with van der Waals surface area (Å²) >= 11 is 5.93. The standard InChI is InChI=1S/C22H21ClN4O3/c1-15-14-20(18-4-2-5-19(27(29)30)21(18)24-15)25-10-3-11-26(13-12-25)22(28)16-6-8-17(23)9-7-16/h2,4-9,14H,3,10-13H2,1H3. The summed E-state index contributed by atoms with van der Waals surface area (Å²) in [6, 6.07) is 13.9. The van der Waals surface area contributed by atoms with Crippen molar-refractivity contribution in [3.05, 3.63) is 74.9 Å². The Morgan fingerprint density at radius 3 is 2.60 bits per heavy atom. The van der Waals surface area contributed by atoms with Crippen LogP contribution >= 0.6 is 11.6 Å². The number of non-ortho nitro benzene ring substituents is 1. The van der Waals surface area contributed by atoms with Crippen molar-refractivity contribution in [3.8, 4) is 0 Å². The molecule has 30 heavy (non-hydrogen) atoms. The van der Waals surface area contributed by atoms with E-state index in [1.165, 1.54) is 6.07 Å². The van der Waals surface area contributed by atoms with Crippen LogP contribution in [0.4, 0.5) is 11.4 Å². The Hall–Kier alpha value is -3.19. The molecule has 7 nitrogen and oxygen atoms in total. The number of nitrogens with zero attached hydrogens (tertiary/aromatic N) is 4. The number of hydrogen-bond acceptors (Lipinski definition) is 5. The molecule has 1 aromatic heterocycles. The number of pyridine rings is 1. The number of rotatable bonds is 3. The van der Waals surface area contributed by atoms with Gasteiger partial charge in [-0.1, -0.05) is 23.7 Å². The molecule has 1 fully saturated rings. The second kappa shape index (κ2) is 8.28. The molecule has 1 amide bonds. The highest BCUT2D eigenvalue weighted by Gasteiger charge is 2.23. The molecule has 154 valence electrons. The van der Waals surface area contributed by atoms with Crippen LogP contribution in [0.5, 0.6) is 0 Å². The molecule has 0 radical (unpaired) electrons. The molecular weight excluding hydrogens is 404 g/mol. The number of carbonyl (C=O) groups is 1. The van der Waals surface area contributed by atoms with Gasteiger partial charge in [-0.05, 0) is 43.7 Å². The summed E-state index contributed by atoms with van der Waals surface area (Å²) in [5, 5.41) is 12.8. The van der Waals surface area contributed by atoms with E-state index >= 15 is 0 Å². The fraction of sp³-hybridized carbons (Fsp3) is 0.273. The maximum absolute atomic E-state index is 12.9. The minimum atomic E-state index is -0.395. The van der Waals surface area contributed by atoms with Crippen molar-refractivity contribution in [2.45, 2.75) is 13.3 Å². The SMILES string of the molecule is Cc1cc(N2CCCN(C(=O)c3ccc(Cl)cc3)CC2)c2cccc([N+](=O)[O-])c2n1. The highest BCUT2D eigenvalue weighted by atomic mass is 35.5. The normalized spacial score (nSPS) is 14.6. The van der Waals surface area contributed by atoms with Crippen molar-refractivity contribution in [2.24, 2.45) is 0 Å². The van der Waals surface area contributed by atoms with Gasteiger partial charge in [-0.15, -0.1) is 0 Å². The number of aromatic nitrogens is 1. The highest BCUT2D eigenvalue weighted by Crippen LogP contribution is 2.32. The molecule has 1 saturated heterocycles. The Bertz CT molecular complexity index is 1120. The molecule has 0 bridgehead atoms. The van der Waals surface area contributed by atoms with Gasteiger partial charge in [-0.2, -0.15) is 0 Å². The summed E-state index contributed by atoms with van der Waals surface area (Å²) in [6.07, 6.45) is 0.803. The Morgan fingerprint density at radius 2 is 1.87 bits per heavy atom. The van der Waals surface area contributed by atoms with Crippen LogP contribution in [0.3, 0.4) is 0 Å². The molecule has 1 aliphatic rings. The predicted molar refractivity (Wildman–Crippen MR) is 117 cm³/mol. The van der Waals surface area contributed by atoms with Crippen molar-refractivity contribution in [1.29, 1.82) is 0 Å². The van der Waals surface area contributed by atoms with Gasteiger partial charge in [-0.25, -0.2) is 4.98 Å². The van der Waals surface area contributed by atoms with E-state index in [-0.39, 0.29) is 11.6 Å². The van der Waals surface area contributed by atoms with Crippen LogP contribution in [0.2, 0.25) is 5.02 Å². The van der Waals surface area contributed by atoms with Crippen molar-refractivity contribution >= 4 is 39.8 Å². The van der Waals surface area contributed by atoms with Crippen LogP contribution < -0.4 is 4.90 Å². The van der Waals surface area contributed by atoms with E-state index in [0.29, 0.717) is 35.7 Å². The van der Waals surface area contributed by atoms with E-state index in [0.717, 1.165) is 29.7 Å². The Balaban J connectivity index is 1.61. The second-order valence-corrected chi connectivity index (χ2v) is 7.79. The van der Waals surface area contributed by atoms with Gasteiger partial charge in [0.25, 0.3) is 11.6 Å². The number of nitro benzene ring substituents is 1. The second-order valence-electron chi connectivity index (χ2n) is 7.35. The van der Waals surface area contributed by atoms with Crippen molar-refractivity contribution < 1.29 is 9.72 Å². The molecule has 2 aromatic carbocycles. The topological polar surface area (TPSA) is 79.6 Å². The number of fused-ring (bicyclic) bond motifs is 1. The number of amides is 1. The zero-order valence-electron chi connectivity index (χ0n) is 16.5. The molecule has 0 saturated carbocycles. The van der Waals surface area contributed by atoms with Crippen LogP contribution in [0, 0.1) is 17.0 Å². The van der Waals surface area contributed by atoms with E-state index in [2.05, 4.69) is 9.88 Å². The van der Waals surface area contributed by atoms with Crippen molar-refractivity contribution in [1.82, 2.24) is 9.88 Å². The lowest BCUT2D eigenvalue weighted by atomic mass is 10.1. The smallest absolute Gasteiger partial charge is 0.295 e. The summed E-state index contributed by atoms with van der Waals surface area (Å²) in [5.74, 6) is -0.0140. The van der Waals surface area contributed by atoms with Crippen LogP contribution in [0.25, 0.3) is 10.9 Å². The molecule has 3 aromatic rings. The third-order valence-corrected chi connectivity index (χ3v) is 5.59. The number of hydrogen-bond donors (Lipinski definition) is 0. The molecule has 0 atom stereocenters. The van der Waals surface area contributed by atoms with Gasteiger partial charge in [0, 0.05) is 59.6 Å². The number of para-hydroxylation sites is 1. The van der Waals surface area contributed by atoms with E-state index in [1.807, 2.05) is 24.0 Å². The monoisotopic (exact) mass is 424 g/mol. The molecule has 2 heterocycles.